The normalized spacial score (nSPS) is 12.1. The van der Waals surface area contributed by atoms with E-state index in [0.717, 1.165) is 10.6 Å². The van der Waals surface area contributed by atoms with Crippen LogP contribution in [0.1, 0.15) is 25.8 Å². The number of benzene rings is 2. The van der Waals surface area contributed by atoms with Gasteiger partial charge in [-0.15, -0.1) is 0 Å². The highest BCUT2D eigenvalue weighted by Crippen LogP contribution is 2.33. The van der Waals surface area contributed by atoms with E-state index in [9.17, 15) is 22.4 Å². The summed E-state index contributed by atoms with van der Waals surface area (Å²) in [6.07, 6.45) is 1.25. The fourth-order valence-electron chi connectivity index (χ4n) is 3.45. The first kappa shape index (κ1) is 27.4. The molecule has 34 heavy (non-hydrogen) atoms. The molecule has 0 fully saturated rings. The molecule has 0 saturated carbocycles. The number of likely N-dealkylation sites (N-methyl/N-ethyl adjacent to an activating group) is 1. The second-order valence-electron chi connectivity index (χ2n) is 7.55. The van der Waals surface area contributed by atoms with E-state index in [1.165, 1.54) is 54.5 Å². The standard InChI is InChI=1S/C23H29ClFN3O5S/c1-5-19(23(30)26-6-2)27(14-16-7-10-18(25)11-8-16)22(29)15-28(34(4,31)32)20-13-17(24)9-12-21(20)33-3/h7-13,19H,5-6,14-15H2,1-4H3,(H,26,30). The Morgan fingerprint density at radius 2 is 1.79 bits per heavy atom. The molecule has 8 nitrogen and oxygen atoms in total. The number of sulfonamides is 1. The highest BCUT2D eigenvalue weighted by molar-refractivity contribution is 7.92. The average molecular weight is 514 g/mol. The molecule has 0 aliphatic rings. The molecule has 2 aromatic rings. The molecule has 1 unspecified atom stereocenters. The lowest BCUT2D eigenvalue weighted by Crippen LogP contribution is -2.52. The van der Waals surface area contributed by atoms with Crippen LogP contribution in [0.2, 0.25) is 5.02 Å². The summed E-state index contributed by atoms with van der Waals surface area (Å²) >= 11 is 6.08. The Labute approximate surface area is 204 Å². The van der Waals surface area contributed by atoms with Gasteiger partial charge in [0, 0.05) is 18.1 Å². The van der Waals surface area contributed by atoms with Gasteiger partial charge < -0.3 is 15.0 Å². The monoisotopic (exact) mass is 513 g/mol. The predicted molar refractivity (Wildman–Crippen MR) is 130 cm³/mol. The molecule has 2 aromatic carbocycles. The summed E-state index contributed by atoms with van der Waals surface area (Å²) in [7, 11) is -2.57. The summed E-state index contributed by atoms with van der Waals surface area (Å²) < 4.78 is 44.9. The number of methoxy groups -OCH3 is 1. The molecule has 0 radical (unpaired) electrons. The third-order valence-corrected chi connectivity index (χ3v) is 6.45. The van der Waals surface area contributed by atoms with Crippen LogP contribution >= 0.6 is 11.6 Å². The van der Waals surface area contributed by atoms with Gasteiger partial charge in [0.25, 0.3) is 0 Å². The van der Waals surface area contributed by atoms with Crippen molar-refractivity contribution < 1.29 is 27.1 Å². The van der Waals surface area contributed by atoms with Crippen molar-refractivity contribution in [3.05, 3.63) is 58.9 Å². The third-order valence-electron chi connectivity index (χ3n) is 5.09. The minimum Gasteiger partial charge on any atom is -0.495 e. The maximum Gasteiger partial charge on any atom is 0.244 e. The van der Waals surface area contributed by atoms with E-state index in [1.807, 2.05) is 0 Å². The van der Waals surface area contributed by atoms with Gasteiger partial charge in [0.05, 0.1) is 19.1 Å². The van der Waals surface area contributed by atoms with Crippen molar-refractivity contribution in [3.63, 3.8) is 0 Å². The van der Waals surface area contributed by atoms with Crippen LogP contribution in [0.5, 0.6) is 5.75 Å². The van der Waals surface area contributed by atoms with Gasteiger partial charge in [0.15, 0.2) is 0 Å². The largest absolute Gasteiger partial charge is 0.495 e. The van der Waals surface area contributed by atoms with Crippen molar-refractivity contribution in [2.45, 2.75) is 32.9 Å². The molecular weight excluding hydrogens is 485 g/mol. The summed E-state index contributed by atoms with van der Waals surface area (Å²) in [5, 5.41) is 2.96. The van der Waals surface area contributed by atoms with Gasteiger partial charge in [-0.25, -0.2) is 12.8 Å². The highest BCUT2D eigenvalue weighted by atomic mass is 35.5. The minimum atomic E-state index is -3.94. The molecule has 0 saturated heterocycles. The molecule has 0 aromatic heterocycles. The quantitative estimate of drug-likeness (QED) is 0.498. The lowest BCUT2D eigenvalue weighted by molar-refractivity contribution is -0.140. The fraction of sp³-hybridized carbons (Fsp3) is 0.391. The predicted octanol–water partition coefficient (Wildman–Crippen LogP) is 3.20. The zero-order chi connectivity index (χ0) is 25.5. The Morgan fingerprint density at radius 1 is 1.15 bits per heavy atom. The van der Waals surface area contributed by atoms with Crippen molar-refractivity contribution in [1.29, 1.82) is 0 Å². The SMILES string of the molecule is CCNC(=O)C(CC)N(Cc1ccc(F)cc1)C(=O)CN(c1cc(Cl)ccc1OC)S(C)(=O)=O. The highest BCUT2D eigenvalue weighted by Gasteiger charge is 2.32. The lowest BCUT2D eigenvalue weighted by atomic mass is 10.1. The molecule has 0 heterocycles. The van der Waals surface area contributed by atoms with Crippen LogP contribution in [-0.2, 0) is 26.2 Å². The summed E-state index contributed by atoms with van der Waals surface area (Å²) in [6, 6.07) is 9.09. The van der Waals surface area contributed by atoms with Gasteiger partial charge >= 0.3 is 0 Å². The third kappa shape index (κ3) is 7.07. The Morgan fingerprint density at radius 3 is 2.32 bits per heavy atom. The van der Waals surface area contributed by atoms with E-state index in [0.29, 0.717) is 12.1 Å². The summed E-state index contributed by atoms with van der Waals surface area (Å²) in [5.41, 5.74) is 0.683. The average Bonchev–Trinajstić information content (AvgIpc) is 2.78. The second-order valence-corrected chi connectivity index (χ2v) is 9.90. The Kier molecular flexibility index (Phi) is 9.69. The molecule has 0 bridgehead atoms. The first-order valence-corrected chi connectivity index (χ1v) is 12.9. The molecule has 1 atom stereocenters. The number of carbonyl (C=O) groups is 2. The van der Waals surface area contributed by atoms with Gasteiger partial charge in [-0.05, 0) is 49.2 Å². The topological polar surface area (TPSA) is 96.0 Å². The smallest absolute Gasteiger partial charge is 0.244 e. The minimum absolute atomic E-state index is 0.0148. The van der Waals surface area contributed by atoms with Crippen molar-refractivity contribution in [1.82, 2.24) is 10.2 Å². The molecule has 0 aliphatic heterocycles. The van der Waals surface area contributed by atoms with E-state index in [4.69, 9.17) is 16.3 Å². The molecule has 11 heteroatoms. The van der Waals surface area contributed by atoms with Crippen LogP contribution < -0.4 is 14.4 Å². The second kappa shape index (κ2) is 12.0. The van der Waals surface area contributed by atoms with Crippen LogP contribution in [0.3, 0.4) is 0 Å². The van der Waals surface area contributed by atoms with Crippen molar-refractivity contribution >= 4 is 39.1 Å². The number of anilines is 1. The number of hydrogen-bond donors (Lipinski definition) is 1. The van der Waals surface area contributed by atoms with Gasteiger partial charge in [-0.3, -0.25) is 13.9 Å². The zero-order valence-electron chi connectivity index (χ0n) is 19.5. The van der Waals surface area contributed by atoms with E-state index in [2.05, 4.69) is 5.32 Å². The Hall–Kier alpha value is -2.85. The van der Waals surface area contributed by atoms with Crippen LogP contribution in [0.15, 0.2) is 42.5 Å². The van der Waals surface area contributed by atoms with Gasteiger partial charge in [-0.1, -0.05) is 30.7 Å². The fourth-order valence-corrected chi connectivity index (χ4v) is 4.46. The molecule has 2 rings (SSSR count). The maximum atomic E-state index is 13.5. The number of nitrogens with zero attached hydrogens (tertiary/aromatic N) is 2. The van der Waals surface area contributed by atoms with Crippen molar-refractivity contribution in [2.24, 2.45) is 0 Å². The first-order valence-electron chi connectivity index (χ1n) is 10.6. The van der Waals surface area contributed by atoms with Crippen LogP contribution in [0.4, 0.5) is 10.1 Å². The lowest BCUT2D eigenvalue weighted by Gasteiger charge is -2.33. The summed E-state index contributed by atoms with van der Waals surface area (Å²) in [4.78, 5) is 27.6. The molecule has 2 amide bonds. The number of nitrogens with one attached hydrogen (secondary N) is 1. The van der Waals surface area contributed by atoms with Gasteiger partial charge in [0.2, 0.25) is 21.8 Å². The van der Waals surface area contributed by atoms with Gasteiger partial charge in [-0.2, -0.15) is 0 Å². The van der Waals surface area contributed by atoms with E-state index in [-0.39, 0.29) is 35.3 Å². The van der Waals surface area contributed by atoms with Crippen molar-refractivity contribution in [3.8, 4) is 5.75 Å². The number of halogens is 2. The Balaban J connectivity index is 2.49. The number of amides is 2. The van der Waals surface area contributed by atoms with Crippen LogP contribution in [0.25, 0.3) is 0 Å². The van der Waals surface area contributed by atoms with Gasteiger partial charge in [0.1, 0.15) is 24.2 Å². The zero-order valence-corrected chi connectivity index (χ0v) is 21.1. The van der Waals surface area contributed by atoms with E-state index in [1.54, 1.807) is 13.8 Å². The first-order chi connectivity index (χ1) is 16.0. The molecular formula is C23H29ClFN3O5S. The number of carbonyl (C=O) groups excluding carboxylic acids is 2. The summed E-state index contributed by atoms with van der Waals surface area (Å²) in [5.74, 6) is -1.21. The molecule has 186 valence electrons. The van der Waals surface area contributed by atoms with Crippen molar-refractivity contribution in [2.75, 3.05) is 30.8 Å². The van der Waals surface area contributed by atoms with E-state index >= 15 is 0 Å². The molecule has 0 spiro atoms. The van der Waals surface area contributed by atoms with Crippen LogP contribution in [0, 0.1) is 5.82 Å². The molecule has 1 N–H and O–H groups in total. The molecule has 0 aliphatic carbocycles. The Bertz CT molecular complexity index is 1110. The number of hydrogen-bond acceptors (Lipinski definition) is 5. The number of ether oxygens (including phenoxy) is 1. The maximum absolute atomic E-state index is 13.5. The van der Waals surface area contributed by atoms with E-state index < -0.39 is 34.3 Å². The summed E-state index contributed by atoms with van der Waals surface area (Å²) in [6.45, 7) is 3.27. The number of rotatable bonds is 11. The van der Waals surface area contributed by atoms with Crippen LogP contribution in [-0.4, -0.2) is 57.6 Å².